The van der Waals surface area contributed by atoms with Gasteiger partial charge in [0, 0.05) is 11.3 Å². The molecule has 1 aromatic heterocycles. The Morgan fingerprint density at radius 3 is 2.46 bits per heavy atom. The van der Waals surface area contributed by atoms with Crippen molar-refractivity contribution in [1.29, 1.82) is 5.26 Å². The summed E-state index contributed by atoms with van der Waals surface area (Å²) in [5.74, 6) is -4.10. The van der Waals surface area contributed by atoms with Gasteiger partial charge >= 0.3 is 0 Å². The number of hydrogen-bond acceptors (Lipinski definition) is 4. The number of carbonyl (C=O) groups is 1. The van der Waals surface area contributed by atoms with Gasteiger partial charge in [-0.25, -0.2) is 18.2 Å². The zero-order valence-electron chi connectivity index (χ0n) is 14.4. The summed E-state index contributed by atoms with van der Waals surface area (Å²) in [4.78, 5) is 16.9. The number of nitrogens with zero attached hydrogens (tertiary/aromatic N) is 2. The summed E-state index contributed by atoms with van der Waals surface area (Å²) in [5.41, 5.74) is 0.223. The van der Waals surface area contributed by atoms with Crippen molar-refractivity contribution in [3.05, 3.63) is 75.9 Å². The zero-order valence-corrected chi connectivity index (χ0v) is 15.2. The molecule has 0 radical (unpaired) electrons. The summed E-state index contributed by atoms with van der Waals surface area (Å²) in [7, 11) is 0. The summed E-state index contributed by atoms with van der Waals surface area (Å²) in [6, 6.07) is 11.7. The summed E-state index contributed by atoms with van der Waals surface area (Å²) < 4.78 is 41.9. The van der Waals surface area contributed by atoms with E-state index in [2.05, 4.69) is 4.98 Å². The monoisotopic (exact) mass is 398 g/mol. The van der Waals surface area contributed by atoms with Crippen LogP contribution in [-0.2, 0) is 4.79 Å². The molecule has 3 atom stereocenters. The first-order valence-electron chi connectivity index (χ1n) is 8.58. The molecule has 3 unspecified atom stereocenters. The van der Waals surface area contributed by atoms with Crippen molar-refractivity contribution in [1.82, 2.24) is 4.98 Å². The summed E-state index contributed by atoms with van der Waals surface area (Å²) in [6.07, 6.45) is 0.470. The molecule has 1 aliphatic carbocycles. The van der Waals surface area contributed by atoms with E-state index in [9.17, 15) is 23.2 Å². The van der Waals surface area contributed by atoms with Crippen LogP contribution in [0.15, 0.2) is 47.8 Å². The Labute approximate surface area is 163 Å². The highest BCUT2D eigenvalue weighted by molar-refractivity contribution is 7.10. The van der Waals surface area contributed by atoms with E-state index < -0.39 is 23.5 Å². The van der Waals surface area contributed by atoms with Crippen LogP contribution < -0.4 is 0 Å². The van der Waals surface area contributed by atoms with E-state index in [1.807, 2.05) is 6.07 Å². The molecular formula is C21H13F3N2OS. The van der Waals surface area contributed by atoms with Gasteiger partial charge in [-0.2, -0.15) is 5.26 Å². The quantitative estimate of drug-likeness (QED) is 0.593. The predicted octanol–water partition coefficient (Wildman–Crippen LogP) is 5.21. The standard InChI is InChI=1S/C21H13F3N2OS/c22-15-5-2-1-4-11(15)12-8-13(12)20(27)14(9-25)21-26-18(10-28-21)19-16(23)6-3-7-17(19)24/h1-7,10,12-14H,8H2. The Morgan fingerprint density at radius 2 is 1.79 bits per heavy atom. The number of Topliss-reactive ketones (excluding diaryl/α,β-unsaturated/α-hetero) is 1. The lowest BCUT2D eigenvalue weighted by atomic mass is 9.99. The van der Waals surface area contributed by atoms with Crippen LogP contribution in [0.2, 0.25) is 0 Å². The Balaban J connectivity index is 1.58. The van der Waals surface area contributed by atoms with Gasteiger partial charge in [0.15, 0.2) is 11.7 Å². The topological polar surface area (TPSA) is 53.8 Å². The maximum absolute atomic E-state index is 14.0. The average molecular weight is 398 g/mol. The van der Waals surface area contributed by atoms with Gasteiger partial charge in [-0.05, 0) is 36.1 Å². The van der Waals surface area contributed by atoms with Crippen molar-refractivity contribution >= 4 is 17.1 Å². The fourth-order valence-corrected chi connectivity index (χ4v) is 4.22. The van der Waals surface area contributed by atoms with Gasteiger partial charge in [-0.3, -0.25) is 4.79 Å². The minimum atomic E-state index is -1.14. The summed E-state index contributed by atoms with van der Waals surface area (Å²) >= 11 is 1.01. The molecule has 1 aliphatic rings. The van der Waals surface area contributed by atoms with Gasteiger partial charge in [0.05, 0.1) is 17.3 Å². The normalized spacial score (nSPS) is 19.1. The Hall–Kier alpha value is -2.98. The SMILES string of the molecule is N#CC(C(=O)C1CC1c1ccccc1F)c1nc(-c2c(F)cccc2F)cs1. The van der Waals surface area contributed by atoms with E-state index in [4.69, 9.17) is 0 Å². The number of nitriles is 1. The second-order valence-electron chi connectivity index (χ2n) is 6.60. The lowest BCUT2D eigenvalue weighted by Gasteiger charge is -2.06. The van der Waals surface area contributed by atoms with Crippen molar-refractivity contribution in [3.63, 3.8) is 0 Å². The molecular weight excluding hydrogens is 385 g/mol. The zero-order chi connectivity index (χ0) is 19.8. The number of aromatic nitrogens is 1. The Morgan fingerprint density at radius 1 is 1.11 bits per heavy atom. The third kappa shape index (κ3) is 3.20. The van der Waals surface area contributed by atoms with E-state index in [1.54, 1.807) is 18.2 Å². The molecule has 1 heterocycles. The van der Waals surface area contributed by atoms with Crippen molar-refractivity contribution in [2.24, 2.45) is 5.92 Å². The second-order valence-corrected chi connectivity index (χ2v) is 7.49. The number of benzene rings is 2. The molecule has 0 amide bonds. The number of hydrogen-bond donors (Lipinski definition) is 0. The first kappa shape index (κ1) is 18.4. The maximum Gasteiger partial charge on any atom is 0.160 e. The molecule has 0 spiro atoms. The van der Waals surface area contributed by atoms with E-state index >= 15 is 0 Å². The van der Waals surface area contributed by atoms with Crippen molar-refractivity contribution < 1.29 is 18.0 Å². The molecule has 0 saturated heterocycles. The molecule has 28 heavy (non-hydrogen) atoms. The summed E-state index contributed by atoms with van der Waals surface area (Å²) in [5, 5.41) is 11.1. The molecule has 140 valence electrons. The Kier molecular flexibility index (Phi) is 4.73. The van der Waals surface area contributed by atoms with Gasteiger partial charge in [0.1, 0.15) is 22.5 Å². The molecule has 2 aromatic carbocycles. The van der Waals surface area contributed by atoms with E-state index in [1.165, 1.54) is 17.5 Å². The molecule has 4 rings (SSSR count). The van der Waals surface area contributed by atoms with Crippen LogP contribution in [0.1, 0.15) is 28.8 Å². The molecule has 0 bridgehead atoms. The highest BCUT2D eigenvalue weighted by Crippen LogP contribution is 2.51. The molecule has 0 aliphatic heterocycles. The van der Waals surface area contributed by atoms with Crippen molar-refractivity contribution in [3.8, 4) is 17.3 Å². The highest BCUT2D eigenvalue weighted by Gasteiger charge is 2.48. The number of rotatable bonds is 5. The highest BCUT2D eigenvalue weighted by atomic mass is 32.1. The van der Waals surface area contributed by atoms with Crippen LogP contribution >= 0.6 is 11.3 Å². The number of carbonyl (C=O) groups excluding carboxylic acids is 1. The third-order valence-corrected chi connectivity index (χ3v) is 5.77. The minimum absolute atomic E-state index is 0.0464. The van der Waals surface area contributed by atoms with Gasteiger partial charge in [-0.15, -0.1) is 11.3 Å². The van der Waals surface area contributed by atoms with Crippen LogP contribution in [0.3, 0.4) is 0 Å². The first-order chi connectivity index (χ1) is 13.5. The molecule has 7 heteroatoms. The third-order valence-electron chi connectivity index (χ3n) is 4.86. The molecule has 1 fully saturated rings. The van der Waals surface area contributed by atoms with E-state index in [0.29, 0.717) is 12.0 Å². The van der Waals surface area contributed by atoms with E-state index in [0.717, 1.165) is 23.5 Å². The molecule has 3 nitrogen and oxygen atoms in total. The number of halogens is 3. The van der Waals surface area contributed by atoms with Crippen LogP contribution in [-0.4, -0.2) is 10.8 Å². The molecule has 1 saturated carbocycles. The van der Waals surface area contributed by atoms with Crippen LogP contribution in [0, 0.1) is 34.7 Å². The lowest BCUT2D eigenvalue weighted by molar-refractivity contribution is -0.120. The van der Waals surface area contributed by atoms with Crippen molar-refractivity contribution in [2.75, 3.05) is 0 Å². The lowest BCUT2D eigenvalue weighted by Crippen LogP contribution is -2.14. The minimum Gasteiger partial charge on any atom is -0.297 e. The average Bonchev–Trinajstić information content (AvgIpc) is 3.33. The van der Waals surface area contributed by atoms with Crippen LogP contribution in [0.5, 0.6) is 0 Å². The molecule has 0 N–H and O–H groups in total. The molecule has 3 aromatic rings. The van der Waals surface area contributed by atoms with Gasteiger partial charge in [-0.1, -0.05) is 24.3 Å². The second kappa shape index (κ2) is 7.21. The number of thiazole rings is 1. The van der Waals surface area contributed by atoms with Crippen LogP contribution in [0.25, 0.3) is 11.3 Å². The smallest absolute Gasteiger partial charge is 0.160 e. The first-order valence-corrected chi connectivity index (χ1v) is 9.46. The largest absolute Gasteiger partial charge is 0.297 e. The fourth-order valence-electron chi connectivity index (χ4n) is 3.36. The van der Waals surface area contributed by atoms with Gasteiger partial charge < -0.3 is 0 Å². The van der Waals surface area contributed by atoms with Gasteiger partial charge in [0.2, 0.25) is 0 Å². The summed E-state index contributed by atoms with van der Waals surface area (Å²) in [6.45, 7) is 0. The van der Waals surface area contributed by atoms with Gasteiger partial charge in [0.25, 0.3) is 0 Å². The Bertz CT molecular complexity index is 1080. The van der Waals surface area contributed by atoms with Crippen LogP contribution in [0.4, 0.5) is 13.2 Å². The maximum atomic E-state index is 14.0. The predicted molar refractivity (Wildman–Crippen MR) is 98.1 cm³/mol. The fraction of sp³-hybridized carbons (Fsp3) is 0.190. The van der Waals surface area contributed by atoms with Crippen molar-refractivity contribution in [2.45, 2.75) is 18.3 Å². The van der Waals surface area contributed by atoms with E-state index in [-0.39, 0.29) is 33.8 Å². The number of ketones is 1.